The lowest BCUT2D eigenvalue weighted by atomic mass is 10.0. The van der Waals surface area contributed by atoms with Gasteiger partial charge in [-0.1, -0.05) is 20.3 Å². The minimum atomic E-state index is 0.624. The topological polar surface area (TPSA) is 56.1 Å². The predicted molar refractivity (Wildman–Crippen MR) is 110 cm³/mol. The van der Waals surface area contributed by atoms with E-state index in [1.54, 1.807) is 0 Å². The first kappa shape index (κ1) is 19.4. The van der Waals surface area contributed by atoms with E-state index in [0.29, 0.717) is 11.8 Å². The van der Waals surface area contributed by atoms with E-state index >= 15 is 0 Å². The first-order valence-corrected chi connectivity index (χ1v) is 10.7. The van der Waals surface area contributed by atoms with Crippen molar-refractivity contribution in [1.82, 2.24) is 24.9 Å². The van der Waals surface area contributed by atoms with Gasteiger partial charge >= 0.3 is 0 Å². The zero-order valence-corrected chi connectivity index (χ0v) is 17.6. The summed E-state index contributed by atoms with van der Waals surface area (Å²) in [4.78, 5) is 2.69. The minimum Gasteiger partial charge on any atom is -0.476 e. The standard InChI is InChI=1S/C22H33N5O/c1-5-15(2)11-27-12-18-8-17(9-19(18)13-27)14-28-21-7-6-20(24-25-21)22-16(3)10-23-26(22)4/h6-7,10,15,17-19H,5,8-9,11-14H2,1-4H3. The maximum atomic E-state index is 5.99. The van der Waals surface area contributed by atoms with Crippen LogP contribution in [0.15, 0.2) is 18.3 Å². The van der Waals surface area contributed by atoms with Gasteiger partial charge in [-0.2, -0.15) is 5.10 Å². The molecule has 28 heavy (non-hydrogen) atoms. The van der Waals surface area contributed by atoms with Gasteiger partial charge in [0.05, 0.1) is 18.5 Å². The molecule has 3 unspecified atom stereocenters. The first-order valence-electron chi connectivity index (χ1n) is 10.7. The van der Waals surface area contributed by atoms with Crippen molar-refractivity contribution < 1.29 is 4.74 Å². The number of hydrogen-bond donors (Lipinski definition) is 0. The van der Waals surface area contributed by atoms with Crippen molar-refractivity contribution in [1.29, 1.82) is 0 Å². The summed E-state index contributed by atoms with van der Waals surface area (Å²) in [6.07, 6.45) is 5.72. The van der Waals surface area contributed by atoms with E-state index in [2.05, 4.69) is 34.0 Å². The van der Waals surface area contributed by atoms with Crippen molar-refractivity contribution in [3.05, 3.63) is 23.9 Å². The van der Waals surface area contributed by atoms with Crippen LogP contribution < -0.4 is 4.74 Å². The molecular weight excluding hydrogens is 350 g/mol. The normalized spacial score (nSPS) is 25.8. The van der Waals surface area contributed by atoms with Crippen LogP contribution in [-0.2, 0) is 7.05 Å². The van der Waals surface area contributed by atoms with Crippen LogP contribution >= 0.6 is 0 Å². The van der Waals surface area contributed by atoms with Crippen LogP contribution in [0.25, 0.3) is 11.4 Å². The van der Waals surface area contributed by atoms with Crippen LogP contribution in [0.5, 0.6) is 5.88 Å². The average Bonchev–Trinajstić information content (AvgIpc) is 3.33. The largest absolute Gasteiger partial charge is 0.476 e. The second kappa shape index (κ2) is 8.19. The van der Waals surface area contributed by atoms with Crippen LogP contribution in [0.4, 0.5) is 0 Å². The zero-order chi connectivity index (χ0) is 19.7. The molecule has 0 amide bonds. The molecule has 6 nitrogen and oxygen atoms in total. The molecule has 0 bridgehead atoms. The minimum absolute atomic E-state index is 0.624. The van der Waals surface area contributed by atoms with Gasteiger partial charge in [0.2, 0.25) is 5.88 Å². The molecule has 2 fully saturated rings. The highest BCUT2D eigenvalue weighted by atomic mass is 16.5. The molecule has 6 heteroatoms. The summed E-state index contributed by atoms with van der Waals surface area (Å²) in [7, 11) is 1.93. The maximum Gasteiger partial charge on any atom is 0.233 e. The Bertz CT molecular complexity index is 753. The van der Waals surface area contributed by atoms with E-state index in [-0.39, 0.29) is 0 Å². The van der Waals surface area contributed by atoms with Gasteiger partial charge in [0.1, 0.15) is 5.69 Å². The molecule has 3 heterocycles. The summed E-state index contributed by atoms with van der Waals surface area (Å²) in [5, 5.41) is 12.9. The van der Waals surface area contributed by atoms with E-state index in [1.165, 1.54) is 38.9 Å². The Labute approximate surface area is 168 Å². The van der Waals surface area contributed by atoms with Crippen molar-refractivity contribution in [2.75, 3.05) is 26.2 Å². The molecule has 152 valence electrons. The second-order valence-electron chi connectivity index (χ2n) is 8.96. The van der Waals surface area contributed by atoms with E-state index in [1.807, 2.05) is 37.0 Å². The Balaban J connectivity index is 1.26. The van der Waals surface area contributed by atoms with E-state index in [9.17, 15) is 0 Å². The van der Waals surface area contributed by atoms with E-state index in [0.717, 1.165) is 41.3 Å². The molecule has 0 N–H and O–H groups in total. The number of hydrogen-bond acceptors (Lipinski definition) is 5. The van der Waals surface area contributed by atoms with Crippen molar-refractivity contribution >= 4 is 0 Å². The molecule has 4 rings (SSSR count). The van der Waals surface area contributed by atoms with Crippen LogP contribution in [0.1, 0.15) is 38.7 Å². The number of ether oxygens (including phenoxy) is 1. The molecular formula is C22H33N5O. The molecule has 1 saturated heterocycles. The Morgan fingerprint density at radius 3 is 2.50 bits per heavy atom. The third kappa shape index (κ3) is 4.07. The van der Waals surface area contributed by atoms with Gasteiger partial charge in [-0.3, -0.25) is 4.68 Å². The molecule has 1 aliphatic heterocycles. The van der Waals surface area contributed by atoms with Gasteiger partial charge in [-0.15, -0.1) is 10.2 Å². The third-order valence-corrected chi connectivity index (χ3v) is 6.66. The Morgan fingerprint density at radius 2 is 1.93 bits per heavy atom. The SMILES string of the molecule is CCC(C)CN1CC2CC(COc3ccc(-c4c(C)cnn4C)nn3)CC2C1. The fourth-order valence-corrected chi connectivity index (χ4v) is 5.02. The van der Waals surface area contributed by atoms with Crippen molar-refractivity contribution in [3.8, 4) is 17.3 Å². The quantitative estimate of drug-likeness (QED) is 0.732. The van der Waals surface area contributed by atoms with Gasteiger partial charge in [0.15, 0.2) is 0 Å². The highest BCUT2D eigenvalue weighted by Crippen LogP contribution is 2.41. The lowest BCUT2D eigenvalue weighted by Crippen LogP contribution is -2.27. The van der Waals surface area contributed by atoms with Crippen LogP contribution in [0.2, 0.25) is 0 Å². The van der Waals surface area contributed by atoms with E-state index < -0.39 is 0 Å². The fourth-order valence-electron chi connectivity index (χ4n) is 5.02. The molecule has 0 radical (unpaired) electrons. The number of likely N-dealkylation sites (tertiary alicyclic amines) is 1. The summed E-state index contributed by atoms with van der Waals surface area (Å²) in [6.45, 7) is 11.3. The summed E-state index contributed by atoms with van der Waals surface area (Å²) in [6, 6.07) is 3.90. The lowest BCUT2D eigenvalue weighted by Gasteiger charge is -2.21. The predicted octanol–water partition coefficient (Wildman–Crippen LogP) is 3.57. The molecule has 2 aromatic heterocycles. The molecule has 2 aliphatic rings. The highest BCUT2D eigenvalue weighted by Gasteiger charge is 2.41. The highest BCUT2D eigenvalue weighted by molar-refractivity contribution is 5.58. The molecule has 1 saturated carbocycles. The summed E-state index contributed by atoms with van der Waals surface area (Å²) < 4.78 is 7.82. The van der Waals surface area contributed by atoms with Gasteiger partial charge in [0, 0.05) is 32.7 Å². The second-order valence-corrected chi connectivity index (χ2v) is 8.96. The molecule has 1 aliphatic carbocycles. The van der Waals surface area contributed by atoms with Crippen molar-refractivity contribution in [3.63, 3.8) is 0 Å². The summed E-state index contributed by atoms with van der Waals surface area (Å²) in [5.74, 6) is 3.81. The molecule has 0 spiro atoms. The van der Waals surface area contributed by atoms with Crippen molar-refractivity contribution in [2.45, 2.75) is 40.0 Å². The maximum absolute atomic E-state index is 5.99. The van der Waals surface area contributed by atoms with Gasteiger partial charge in [-0.05, 0) is 55.1 Å². The fraction of sp³-hybridized carbons (Fsp3) is 0.682. The number of rotatable bonds is 7. The third-order valence-electron chi connectivity index (χ3n) is 6.66. The molecule has 3 atom stereocenters. The van der Waals surface area contributed by atoms with Crippen LogP contribution in [0, 0.1) is 30.6 Å². The zero-order valence-electron chi connectivity index (χ0n) is 17.6. The molecule has 2 aromatic rings. The van der Waals surface area contributed by atoms with Crippen LogP contribution in [-0.4, -0.2) is 51.1 Å². The Hall–Kier alpha value is -1.95. The number of nitrogens with zero attached hydrogens (tertiary/aromatic N) is 5. The lowest BCUT2D eigenvalue weighted by molar-refractivity contribution is 0.213. The van der Waals surface area contributed by atoms with E-state index in [4.69, 9.17) is 4.74 Å². The van der Waals surface area contributed by atoms with Gasteiger partial charge in [0.25, 0.3) is 0 Å². The Kier molecular flexibility index (Phi) is 5.67. The van der Waals surface area contributed by atoms with Crippen LogP contribution in [0.3, 0.4) is 0 Å². The number of fused-ring (bicyclic) bond motifs is 1. The molecule has 0 aromatic carbocycles. The number of aromatic nitrogens is 4. The summed E-state index contributed by atoms with van der Waals surface area (Å²) >= 11 is 0. The first-order chi connectivity index (χ1) is 13.5. The van der Waals surface area contributed by atoms with Crippen molar-refractivity contribution in [2.24, 2.45) is 30.7 Å². The van der Waals surface area contributed by atoms with Gasteiger partial charge < -0.3 is 9.64 Å². The Morgan fingerprint density at radius 1 is 1.18 bits per heavy atom. The average molecular weight is 384 g/mol. The smallest absolute Gasteiger partial charge is 0.233 e. The van der Waals surface area contributed by atoms with Gasteiger partial charge in [-0.25, -0.2) is 0 Å². The summed E-state index contributed by atoms with van der Waals surface area (Å²) in [5.41, 5.74) is 2.94. The number of aryl methyl sites for hydroxylation is 2. The monoisotopic (exact) mass is 383 g/mol.